The Labute approximate surface area is 135 Å². The van der Waals surface area contributed by atoms with E-state index in [0.29, 0.717) is 33.2 Å². The zero-order valence-electron chi connectivity index (χ0n) is 12.0. The monoisotopic (exact) mass is 330 g/mol. The second-order valence-electron chi connectivity index (χ2n) is 5.67. The van der Waals surface area contributed by atoms with Crippen molar-refractivity contribution in [2.24, 2.45) is 0 Å². The minimum absolute atomic E-state index is 0.0439. The fraction of sp³-hybridized carbons (Fsp3) is 0.167. The van der Waals surface area contributed by atoms with Gasteiger partial charge in [-0.05, 0) is 48.6 Å². The lowest BCUT2D eigenvalue weighted by Crippen LogP contribution is -1.98. The molecule has 23 heavy (non-hydrogen) atoms. The Kier molecular flexibility index (Phi) is 3.20. The van der Waals surface area contributed by atoms with Crippen LogP contribution in [0.4, 0.5) is 8.78 Å². The van der Waals surface area contributed by atoms with Gasteiger partial charge in [-0.25, -0.2) is 13.6 Å². The predicted octanol–water partition coefficient (Wildman–Crippen LogP) is 5.03. The summed E-state index contributed by atoms with van der Waals surface area (Å²) in [6.07, 6.45) is 2.44. The molecule has 1 aromatic heterocycles. The van der Waals surface area contributed by atoms with Gasteiger partial charge in [-0.3, -0.25) is 0 Å². The Morgan fingerprint density at radius 3 is 2.74 bits per heavy atom. The third kappa shape index (κ3) is 2.15. The van der Waals surface area contributed by atoms with Crippen molar-refractivity contribution < 1.29 is 18.7 Å². The molecule has 5 heteroatoms. The van der Waals surface area contributed by atoms with Gasteiger partial charge in [0.25, 0.3) is 0 Å². The molecule has 0 fully saturated rings. The first-order valence-electron chi connectivity index (χ1n) is 7.32. The van der Waals surface area contributed by atoms with Crippen LogP contribution in [-0.4, -0.2) is 11.1 Å². The summed E-state index contributed by atoms with van der Waals surface area (Å²) in [5.74, 6) is -1.90. The summed E-state index contributed by atoms with van der Waals surface area (Å²) < 4.78 is 28.9. The van der Waals surface area contributed by atoms with Gasteiger partial charge in [0.15, 0.2) is 0 Å². The molecule has 0 aliphatic heterocycles. The molecular weight excluding hydrogens is 318 g/mol. The van der Waals surface area contributed by atoms with Crippen LogP contribution in [0.1, 0.15) is 27.2 Å². The van der Waals surface area contributed by atoms with Crippen LogP contribution in [-0.2, 0) is 12.8 Å². The minimum Gasteiger partial charge on any atom is -0.477 e. The lowest BCUT2D eigenvalue weighted by molar-refractivity contribution is 0.0703. The first-order chi connectivity index (χ1) is 11.1. The van der Waals surface area contributed by atoms with Crippen molar-refractivity contribution in [3.8, 4) is 11.1 Å². The Hall–Kier alpha value is -2.27. The SMILES string of the molecule is O=C(O)c1sc2cc(F)ccc2c1-c1ccc2c(c1F)CCC2. The third-order valence-electron chi connectivity index (χ3n) is 4.33. The molecule has 1 heterocycles. The number of hydrogen-bond donors (Lipinski definition) is 1. The van der Waals surface area contributed by atoms with Gasteiger partial charge >= 0.3 is 5.97 Å². The molecule has 0 atom stereocenters. The van der Waals surface area contributed by atoms with Crippen LogP contribution in [0.15, 0.2) is 30.3 Å². The summed E-state index contributed by atoms with van der Waals surface area (Å²) in [5, 5.41) is 10.1. The van der Waals surface area contributed by atoms with E-state index in [-0.39, 0.29) is 10.7 Å². The molecule has 0 bridgehead atoms. The minimum atomic E-state index is -1.12. The van der Waals surface area contributed by atoms with Gasteiger partial charge in [0.1, 0.15) is 16.5 Å². The summed E-state index contributed by atoms with van der Waals surface area (Å²) in [7, 11) is 0. The molecule has 2 aromatic carbocycles. The number of carboxylic acid groups (broad SMARTS) is 1. The van der Waals surface area contributed by atoms with E-state index in [1.807, 2.05) is 6.07 Å². The highest BCUT2D eigenvalue weighted by Crippen LogP contribution is 2.42. The maximum absolute atomic E-state index is 14.9. The van der Waals surface area contributed by atoms with Gasteiger partial charge in [-0.15, -0.1) is 11.3 Å². The number of aryl methyl sites for hydroxylation is 1. The van der Waals surface area contributed by atoms with Gasteiger partial charge in [-0.2, -0.15) is 0 Å². The first-order valence-corrected chi connectivity index (χ1v) is 8.14. The van der Waals surface area contributed by atoms with Gasteiger partial charge in [0.2, 0.25) is 0 Å². The van der Waals surface area contributed by atoms with Crippen molar-refractivity contribution in [3.05, 3.63) is 58.0 Å². The summed E-state index contributed by atoms with van der Waals surface area (Å²) >= 11 is 0.977. The molecule has 1 N–H and O–H groups in total. The summed E-state index contributed by atoms with van der Waals surface area (Å²) in [5.41, 5.74) is 2.32. The maximum atomic E-state index is 14.9. The molecule has 0 spiro atoms. The van der Waals surface area contributed by atoms with Crippen LogP contribution in [0.2, 0.25) is 0 Å². The van der Waals surface area contributed by atoms with Crippen LogP contribution in [0.3, 0.4) is 0 Å². The number of aromatic carboxylic acids is 1. The number of carboxylic acids is 1. The number of fused-ring (bicyclic) bond motifs is 2. The average Bonchev–Trinajstić information content (AvgIpc) is 3.12. The molecule has 2 nitrogen and oxygen atoms in total. The molecule has 4 rings (SSSR count). The number of thiophene rings is 1. The van der Waals surface area contributed by atoms with Crippen LogP contribution in [0.5, 0.6) is 0 Å². The van der Waals surface area contributed by atoms with Gasteiger partial charge < -0.3 is 5.11 Å². The first kappa shape index (κ1) is 14.3. The lowest BCUT2D eigenvalue weighted by Gasteiger charge is -2.09. The molecule has 0 saturated carbocycles. The van der Waals surface area contributed by atoms with Crippen molar-refractivity contribution in [2.75, 3.05) is 0 Å². The van der Waals surface area contributed by atoms with Gasteiger partial charge in [0.05, 0.1) is 0 Å². The molecular formula is C18H12F2O2S. The van der Waals surface area contributed by atoms with E-state index in [2.05, 4.69) is 0 Å². The van der Waals surface area contributed by atoms with Crippen molar-refractivity contribution in [1.29, 1.82) is 0 Å². The van der Waals surface area contributed by atoms with E-state index < -0.39 is 11.8 Å². The molecule has 0 amide bonds. The lowest BCUT2D eigenvalue weighted by atomic mass is 9.97. The molecule has 3 aromatic rings. The summed E-state index contributed by atoms with van der Waals surface area (Å²) in [6.45, 7) is 0. The molecule has 1 aliphatic carbocycles. The van der Waals surface area contributed by atoms with E-state index in [1.165, 1.54) is 18.2 Å². The van der Waals surface area contributed by atoms with Crippen molar-refractivity contribution in [2.45, 2.75) is 19.3 Å². The Balaban J connectivity index is 2.05. The van der Waals surface area contributed by atoms with E-state index in [4.69, 9.17) is 0 Å². The van der Waals surface area contributed by atoms with Gasteiger partial charge in [-0.1, -0.05) is 12.1 Å². The smallest absolute Gasteiger partial charge is 0.346 e. The quantitative estimate of drug-likeness (QED) is 0.715. The highest BCUT2D eigenvalue weighted by atomic mass is 32.1. The summed E-state index contributed by atoms with van der Waals surface area (Å²) in [6, 6.07) is 7.61. The highest BCUT2D eigenvalue weighted by Gasteiger charge is 2.25. The molecule has 0 saturated heterocycles. The highest BCUT2D eigenvalue weighted by molar-refractivity contribution is 7.21. The molecule has 1 aliphatic rings. The van der Waals surface area contributed by atoms with Crippen molar-refractivity contribution in [3.63, 3.8) is 0 Å². The number of carbonyl (C=O) groups is 1. The normalized spacial score (nSPS) is 13.5. The number of halogens is 2. The van der Waals surface area contributed by atoms with Gasteiger partial charge in [0, 0.05) is 21.2 Å². The van der Waals surface area contributed by atoms with E-state index >= 15 is 0 Å². The number of benzene rings is 2. The Bertz CT molecular complexity index is 959. The third-order valence-corrected chi connectivity index (χ3v) is 5.47. The van der Waals surface area contributed by atoms with Crippen LogP contribution < -0.4 is 0 Å². The zero-order chi connectivity index (χ0) is 16.1. The number of hydrogen-bond acceptors (Lipinski definition) is 2. The maximum Gasteiger partial charge on any atom is 0.346 e. The largest absolute Gasteiger partial charge is 0.477 e. The fourth-order valence-electron chi connectivity index (χ4n) is 3.30. The summed E-state index contributed by atoms with van der Waals surface area (Å²) in [4.78, 5) is 11.6. The second-order valence-corrected chi connectivity index (χ2v) is 6.72. The zero-order valence-corrected chi connectivity index (χ0v) is 12.8. The molecule has 116 valence electrons. The predicted molar refractivity (Wildman–Crippen MR) is 86.2 cm³/mol. The van der Waals surface area contributed by atoms with Crippen LogP contribution >= 0.6 is 11.3 Å². The van der Waals surface area contributed by atoms with Crippen LogP contribution in [0, 0.1) is 11.6 Å². The van der Waals surface area contributed by atoms with Crippen LogP contribution in [0.25, 0.3) is 21.2 Å². The Morgan fingerprint density at radius 1 is 1.13 bits per heavy atom. The number of rotatable bonds is 2. The van der Waals surface area contributed by atoms with E-state index in [0.717, 1.165) is 29.7 Å². The fourth-order valence-corrected chi connectivity index (χ4v) is 4.38. The second kappa shape index (κ2) is 5.13. The van der Waals surface area contributed by atoms with Crippen molar-refractivity contribution in [1.82, 2.24) is 0 Å². The van der Waals surface area contributed by atoms with E-state index in [1.54, 1.807) is 6.07 Å². The topological polar surface area (TPSA) is 37.3 Å². The standard InChI is InChI=1S/C18H12F2O2S/c19-10-5-7-12-14(8-10)23-17(18(21)22)15(12)13-6-4-9-2-1-3-11(9)16(13)20/h4-8H,1-3H2,(H,21,22). The van der Waals surface area contributed by atoms with E-state index in [9.17, 15) is 18.7 Å². The average molecular weight is 330 g/mol. The van der Waals surface area contributed by atoms with Crippen molar-refractivity contribution >= 4 is 27.4 Å². The molecule has 0 radical (unpaired) electrons. The Morgan fingerprint density at radius 2 is 1.96 bits per heavy atom. The molecule has 0 unspecified atom stereocenters.